The highest BCUT2D eigenvalue weighted by Gasteiger charge is 2.07. The molecule has 0 saturated carbocycles. The van der Waals surface area contributed by atoms with Crippen LogP contribution in [0.3, 0.4) is 0 Å². The second-order valence-corrected chi connectivity index (χ2v) is 3.26. The lowest BCUT2D eigenvalue weighted by Crippen LogP contribution is -2.25. The summed E-state index contributed by atoms with van der Waals surface area (Å²) in [7, 11) is 1.67. The minimum atomic E-state index is -0.808. The minimum absolute atomic E-state index is 0.171. The van der Waals surface area contributed by atoms with E-state index in [-0.39, 0.29) is 18.7 Å². The number of amides is 1. The molecule has 0 heterocycles. The highest BCUT2D eigenvalue weighted by molar-refractivity contribution is 5.76. The zero-order chi connectivity index (χ0) is 13.4. The lowest BCUT2D eigenvalue weighted by molar-refractivity contribution is -0.117. The van der Waals surface area contributed by atoms with E-state index in [1.807, 2.05) is 0 Å². The molecule has 17 heavy (non-hydrogen) atoms. The SMILES string of the molecule is CNCC(N)=O.Cc1cc(F)c(C=O)c(F)c1. The summed E-state index contributed by atoms with van der Waals surface area (Å²) in [5, 5.41) is 2.59. The second kappa shape index (κ2) is 7.45. The van der Waals surface area contributed by atoms with Crippen LogP contribution in [0.15, 0.2) is 12.1 Å². The number of benzene rings is 1. The van der Waals surface area contributed by atoms with Crippen LogP contribution >= 0.6 is 0 Å². The van der Waals surface area contributed by atoms with Crippen molar-refractivity contribution in [3.05, 3.63) is 34.9 Å². The molecule has 0 radical (unpaired) electrons. The van der Waals surface area contributed by atoms with E-state index in [2.05, 4.69) is 5.32 Å². The predicted octanol–water partition coefficient (Wildman–Crippen LogP) is 0.777. The third-order valence-electron chi connectivity index (χ3n) is 1.69. The molecule has 0 aliphatic heterocycles. The molecular formula is C11H14F2N2O2. The Morgan fingerprint density at radius 2 is 1.88 bits per heavy atom. The lowest BCUT2D eigenvalue weighted by atomic mass is 10.1. The van der Waals surface area contributed by atoms with Crippen LogP contribution in [0.5, 0.6) is 0 Å². The van der Waals surface area contributed by atoms with Gasteiger partial charge in [0.25, 0.3) is 0 Å². The van der Waals surface area contributed by atoms with Crippen LogP contribution in [0.1, 0.15) is 15.9 Å². The van der Waals surface area contributed by atoms with E-state index < -0.39 is 17.2 Å². The second-order valence-electron chi connectivity index (χ2n) is 3.26. The van der Waals surface area contributed by atoms with E-state index in [0.717, 1.165) is 12.1 Å². The van der Waals surface area contributed by atoms with Crippen molar-refractivity contribution in [2.75, 3.05) is 13.6 Å². The molecule has 6 heteroatoms. The van der Waals surface area contributed by atoms with Crippen molar-refractivity contribution in [3.63, 3.8) is 0 Å². The molecule has 3 N–H and O–H groups in total. The fraction of sp³-hybridized carbons (Fsp3) is 0.273. The van der Waals surface area contributed by atoms with Crippen molar-refractivity contribution >= 4 is 12.2 Å². The summed E-state index contributed by atoms with van der Waals surface area (Å²) in [4.78, 5) is 19.8. The van der Waals surface area contributed by atoms with E-state index >= 15 is 0 Å². The average molecular weight is 244 g/mol. The fourth-order valence-corrected chi connectivity index (χ4v) is 0.998. The standard InChI is InChI=1S/C8H6F2O.C3H8N2O/c1-5-2-7(9)6(4-11)8(10)3-5;1-5-2-3(4)6/h2-4H,1H3;5H,2H2,1H3,(H2,4,6). The lowest BCUT2D eigenvalue weighted by Gasteiger charge is -1.97. The Kier molecular flexibility index (Phi) is 6.65. The molecule has 1 rings (SSSR count). The van der Waals surface area contributed by atoms with Crippen molar-refractivity contribution in [1.82, 2.24) is 5.32 Å². The number of carbonyl (C=O) groups excluding carboxylic acids is 2. The predicted molar refractivity (Wildman–Crippen MR) is 59.6 cm³/mol. The Labute approximate surface area is 97.8 Å². The maximum absolute atomic E-state index is 12.6. The van der Waals surface area contributed by atoms with E-state index in [4.69, 9.17) is 5.73 Å². The van der Waals surface area contributed by atoms with Gasteiger partial charge in [0.1, 0.15) is 11.6 Å². The van der Waals surface area contributed by atoms with Gasteiger partial charge in [0.2, 0.25) is 5.91 Å². The average Bonchev–Trinajstić information content (AvgIpc) is 2.17. The first kappa shape index (κ1) is 15.2. The van der Waals surface area contributed by atoms with Gasteiger partial charge in [-0.3, -0.25) is 9.59 Å². The van der Waals surface area contributed by atoms with Crippen molar-refractivity contribution < 1.29 is 18.4 Å². The Morgan fingerprint density at radius 1 is 1.41 bits per heavy atom. The quantitative estimate of drug-likeness (QED) is 0.772. The Balaban J connectivity index is 0.000000366. The van der Waals surface area contributed by atoms with Gasteiger partial charge in [-0.2, -0.15) is 0 Å². The van der Waals surface area contributed by atoms with E-state index in [9.17, 15) is 18.4 Å². The van der Waals surface area contributed by atoms with Gasteiger partial charge in [0.05, 0.1) is 12.1 Å². The molecule has 1 aromatic carbocycles. The van der Waals surface area contributed by atoms with Crippen LogP contribution in [-0.4, -0.2) is 25.8 Å². The molecule has 94 valence electrons. The third kappa shape index (κ3) is 5.72. The number of nitrogens with two attached hydrogens (primary N) is 1. The Bertz CT molecular complexity index is 385. The molecule has 1 amide bonds. The van der Waals surface area contributed by atoms with Crippen LogP contribution < -0.4 is 11.1 Å². The van der Waals surface area contributed by atoms with Crippen LogP contribution in [0.25, 0.3) is 0 Å². The van der Waals surface area contributed by atoms with Crippen molar-refractivity contribution in [2.24, 2.45) is 5.73 Å². The molecule has 0 atom stereocenters. The molecular weight excluding hydrogens is 230 g/mol. The number of aryl methyl sites for hydroxylation is 1. The van der Waals surface area contributed by atoms with Gasteiger partial charge in [0, 0.05) is 0 Å². The zero-order valence-corrected chi connectivity index (χ0v) is 9.59. The summed E-state index contributed by atoms with van der Waals surface area (Å²) in [5.41, 5.74) is 4.66. The van der Waals surface area contributed by atoms with E-state index in [1.165, 1.54) is 0 Å². The normalized spacial score (nSPS) is 9.18. The van der Waals surface area contributed by atoms with Gasteiger partial charge in [-0.05, 0) is 31.7 Å². The van der Waals surface area contributed by atoms with Crippen LogP contribution in [0.4, 0.5) is 8.78 Å². The number of halogens is 2. The van der Waals surface area contributed by atoms with Gasteiger partial charge in [-0.25, -0.2) is 8.78 Å². The van der Waals surface area contributed by atoms with Crippen molar-refractivity contribution in [3.8, 4) is 0 Å². The molecule has 0 bridgehead atoms. The number of hydrogen-bond donors (Lipinski definition) is 2. The summed E-state index contributed by atoms with van der Waals surface area (Å²) in [6.07, 6.45) is 0.171. The molecule has 0 aromatic heterocycles. The van der Waals surface area contributed by atoms with Crippen LogP contribution in [0.2, 0.25) is 0 Å². The van der Waals surface area contributed by atoms with Gasteiger partial charge < -0.3 is 11.1 Å². The first-order chi connectivity index (χ1) is 7.92. The zero-order valence-electron chi connectivity index (χ0n) is 9.59. The van der Waals surface area contributed by atoms with Crippen LogP contribution in [-0.2, 0) is 4.79 Å². The first-order valence-electron chi connectivity index (χ1n) is 4.76. The van der Waals surface area contributed by atoms with Gasteiger partial charge in [-0.15, -0.1) is 0 Å². The number of primary amides is 1. The molecule has 0 aliphatic carbocycles. The first-order valence-corrected chi connectivity index (χ1v) is 4.76. The number of rotatable bonds is 3. The van der Waals surface area contributed by atoms with Crippen molar-refractivity contribution in [1.29, 1.82) is 0 Å². The van der Waals surface area contributed by atoms with Gasteiger partial charge in [0.15, 0.2) is 6.29 Å². The molecule has 0 fully saturated rings. The van der Waals surface area contributed by atoms with Gasteiger partial charge in [-0.1, -0.05) is 0 Å². The molecule has 0 unspecified atom stereocenters. The van der Waals surface area contributed by atoms with Gasteiger partial charge >= 0.3 is 0 Å². The summed E-state index contributed by atoms with van der Waals surface area (Å²) < 4.78 is 25.3. The Hall–Kier alpha value is -1.82. The molecule has 4 nitrogen and oxygen atoms in total. The third-order valence-corrected chi connectivity index (χ3v) is 1.69. The number of nitrogens with one attached hydrogen (secondary N) is 1. The summed E-state index contributed by atoms with van der Waals surface area (Å²) in [5.74, 6) is -1.94. The maximum Gasteiger partial charge on any atom is 0.231 e. The molecule has 0 saturated heterocycles. The number of aldehydes is 1. The summed E-state index contributed by atoms with van der Waals surface area (Å²) in [6.45, 7) is 1.82. The van der Waals surface area contributed by atoms with E-state index in [1.54, 1.807) is 14.0 Å². The van der Waals surface area contributed by atoms with Crippen molar-refractivity contribution in [2.45, 2.75) is 6.92 Å². The molecule has 0 aliphatic rings. The van der Waals surface area contributed by atoms with E-state index in [0.29, 0.717) is 5.56 Å². The number of carbonyl (C=O) groups is 2. The topological polar surface area (TPSA) is 72.2 Å². The number of likely N-dealkylation sites (N-methyl/N-ethyl adjacent to an activating group) is 1. The highest BCUT2D eigenvalue weighted by atomic mass is 19.1. The Morgan fingerprint density at radius 3 is 2.12 bits per heavy atom. The molecule has 0 spiro atoms. The highest BCUT2D eigenvalue weighted by Crippen LogP contribution is 2.12. The largest absolute Gasteiger partial charge is 0.369 e. The monoisotopic (exact) mass is 244 g/mol. The van der Waals surface area contributed by atoms with Crippen LogP contribution in [0, 0.1) is 18.6 Å². The summed E-state index contributed by atoms with van der Waals surface area (Å²) >= 11 is 0. The number of hydrogen-bond acceptors (Lipinski definition) is 3. The fourth-order valence-electron chi connectivity index (χ4n) is 0.998. The summed E-state index contributed by atoms with van der Waals surface area (Å²) in [6, 6.07) is 2.24. The maximum atomic E-state index is 12.6. The minimum Gasteiger partial charge on any atom is -0.369 e. The molecule has 1 aromatic rings. The smallest absolute Gasteiger partial charge is 0.231 e.